The van der Waals surface area contributed by atoms with Crippen LogP contribution in [0.2, 0.25) is 0 Å². The van der Waals surface area contributed by atoms with Crippen LogP contribution in [0.15, 0.2) is 53.9 Å². The van der Waals surface area contributed by atoms with Gasteiger partial charge in [0.15, 0.2) is 11.0 Å². The van der Waals surface area contributed by atoms with Crippen LogP contribution in [0.1, 0.15) is 12.5 Å². The summed E-state index contributed by atoms with van der Waals surface area (Å²) in [4.78, 5) is 4.07. The first kappa shape index (κ1) is 13.8. The Morgan fingerprint density at radius 2 is 1.81 bits per heavy atom. The molecule has 106 valence electrons. The van der Waals surface area contributed by atoms with E-state index in [4.69, 9.17) is 0 Å². The lowest BCUT2D eigenvalue weighted by Gasteiger charge is -2.12. The second kappa shape index (κ2) is 6.10. The summed E-state index contributed by atoms with van der Waals surface area (Å²) in [5.74, 6) is 1.81. The Labute approximate surface area is 128 Å². The number of pyridine rings is 1. The molecule has 0 spiro atoms. The van der Waals surface area contributed by atoms with Crippen LogP contribution in [0.3, 0.4) is 0 Å². The van der Waals surface area contributed by atoms with Crippen molar-refractivity contribution in [3.8, 4) is 17.1 Å². The molecule has 0 aliphatic heterocycles. The van der Waals surface area contributed by atoms with Gasteiger partial charge in [-0.15, -0.1) is 10.2 Å². The largest absolute Gasteiger partial charge is 0.270 e. The third-order valence-corrected chi connectivity index (χ3v) is 4.01. The van der Waals surface area contributed by atoms with Crippen LogP contribution in [0.5, 0.6) is 0 Å². The van der Waals surface area contributed by atoms with Crippen LogP contribution in [-0.4, -0.2) is 25.5 Å². The van der Waals surface area contributed by atoms with E-state index < -0.39 is 0 Å². The number of benzene rings is 1. The van der Waals surface area contributed by atoms with E-state index in [0.717, 1.165) is 28.0 Å². The molecule has 3 aromatic rings. The summed E-state index contributed by atoms with van der Waals surface area (Å²) >= 11 is 1.69. The molecule has 3 rings (SSSR count). The fourth-order valence-corrected chi connectivity index (χ4v) is 2.88. The van der Waals surface area contributed by atoms with Crippen molar-refractivity contribution in [2.75, 3.05) is 5.75 Å². The van der Waals surface area contributed by atoms with Crippen molar-refractivity contribution in [1.82, 2.24) is 19.7 Å². The molecular weight excluding hydrogens is 280 g/mol. The molecule has 21 heavy (non-hydrogen) atoms. The van der Waals surface area contributed by atoms with E-state index in [1.807, 2.05) is 24.3 Å². The summed E-state index contributed by atoms with van der Waals surface area (Å²) in [6.07, 6.45) is 3.55. The Hall–Kier alpha value is -2.14. The lowest BCUT2D eigenvalue weighted by Crippen LogP contribution is -2.01. The Morgan fingerprint density at radius 1 is 1.05 bits per heavy atom. The van der Waals surface area contributed by atoms with E-state index in [0.29, 0.717) is 0 Å². The molecule has 0 radical (unpaired) electrons. The predicted octanol–water partition coefficient (Wildman–Crippen LogP) is 3.75. The first-order chi connectivity index (χ1) is 10.3. The maximum absolute atomic E-state index is 4.39. The van der Waals surface area contributed by atoms with Gasteiger partial charge >= 0.3 is 0 Å². The number of hydrogen-bond donors (Lipinski definition) is 0. The van der Waals surface area contributed by atoms with Crippen LogP contribution in [0.4, 0.5) is 0 Å². The van der Waals surface area contributed by atoms with Crippen molar-refractivity contribution in [2.24, 2.45) is 0 Å². The highest BCUT2D eigenvalue weighted by Gasteiger charge is 2.16. The standard InChI is InChI=1S/C16H16N4S/c1-3-21-16-19-18-15(13-8-10-17-11-9-13)20(16)14-7-5-4-6-12(14)2/h4-11H,3H2,1-2H3. The van der Waals surface area contributed by atoms with E-state index in [9.17, 15) is 0 Å². The number of nitrogens with zero attached hydrogens (tertiary/aromatic N) is 4. The lowest BCUT2D eigenvalue weighted by atomic mass is 10.2. The zero-order valence-corrected chi connectivity index (χ0v) is 12.8. The molecule has 0 unspecified atom stereocenters. The topological polar surface area (TPSA) is 43.6 Å². The second-order valence-electron chi connectivity index (χ2n) is 4.60. The minimum Gasteiger partial charge on any atom is -0.270 e. The molecule has 0 fully saturated rings. The average molecular weight is 296 g/mol. The second-order valence-corrected chi connectivity index (χ2v) is 5.83. The maximum atomic E-state index is 4.39. The Bertz CT molecular complexity index is 737. The van der Waals surface area contributed by atoms with E-state index in [1.165, 1.54) is 5.56 Å². The zero-order valence-electron chi connectivity index (χ0n) is 12.0. The fraction of sp³-hybridized carbons (Fsp3) is 0.188. The molecule has 0 saturated carbocycles. The molecule has 0 amide bonds. The van der Waals surface area contributed by atoms with Gasteiger partial charge in [0.1, 0.15) is 0 Å². The summed E-state index contributed by atoms with van der Waals surface area (Å²) in [5.41, 5.74) is 3.33. The van der Waals surface area contributed by atoms with Crippen molar-refractivity contribution in [3.05, 3.63) is 54.4 Å². The smallest absolute Gasteiger partial charge is 0.196 e. The highest BCUT2D eigenvalue weighted by molar-refractivity contribution is 7.99. The minimum atomic E-state index is 0.850. The molecule has 0 aliphatic rings. The molecule has 0 atom stereocenters. The molecule has 0 N–H and O–H groups in total. The van der Waals surface area contributed by atoms with Gasteiger partial charge in [-0.2, -0.15) is 0 Å². The summed E-state index contributed by atoms with van der Waals surface area (Å²) in [7, 11) is 0. The average Bonchev–Trinajstić information content (AvgIpc) is 2.93. The molecule has 0 bridgehead atoms. The first-order valence-corrected chi connectivity index (χ1v) is 7.84. The number of rotatable bonds is 4. The van der Waals surface area contributed by atoms with Gasteiger partial charge in [0.25, 0.3) is 0 Å². The quantitative estimate of drug-likeness (QED) is 0.688. The van der Waals surface area contributed by atoms with E-state index in [-0.39, 0.29) is 0 Å². The van der Waals surface area contributed by atoms with Gasteiger partial charge in [0.05, 0.1) is 5.69 Å². The highest BCUT2D eigenvalue weighted by atomic mass is 32.2. The van der Waals surface area contributed by atoms with Crippen molar-refractivity contribution in [1.29, 1.82) is 0 Å². The van der Waals surface area contributed by atoms with Crippen LogP contribution < -0.4 is 0 Å². The molecule has 5 heteroatoms. The number of hydrogen-bond acceptors (Lipinski definition) is 4. The van der Waals surface area contributed by atoms with E-state index in [2.05, 4.69) is 45.7 Å². The van der Waals surface area contributed by atoms with Crippen molar-refractivity contribution in [3.63, 3.8) is 0 Å². The minimum absolute atomic E-state index is 0.850. The predicted molar refractivity (Wildman–Crippen MR) is 85.7 cm³/mol. The summed E-state index contributed by atoms with van der Waals surface area (Å²) in [6.45, 7) is 4.22. The molecule has 2 aromatic heterocycles. The molecule has 1 aromatic carbocycles. The lowest BCUT2D eigenvalue weighted by molar-refractivity contribution is 0.881. The fourth-order valence-electron chi connectivity index (χ4n) is 2.21. The van der Waals surface area contributed by atoms with E-state index in [1.54, 1.807) is 24.2 Å². The Balaban J connectivity index is 2.21. The monoisotopic (exact) mass is 296 g/mol. The van der Waals surface area contributed by atoms with Crippen LogP contribution in [0.25, 0.3) is 17.1 Å². The van der Waals surface area contributed by atoms with Gasteiger partial charge in [0, 0.05) is 18.0 Å². The van der Waals surface area contributed by atoms with Gasteiger partial charge in [-0.05, 0) is 36.4 Å². The Kier molecular flexibility index (Phi) is 4.01. The maximum Gasteiger partial charge on any atom is 0.196 e. The zero-order chi connectivity index (χ0) is 14.7. The normalized spacial score (nSPS) is 10.8. The molecule has 0 saturated heterocycles. The van der Waals surface area contributed by atoms with Crippen LogP contribution in [0, 0.1) is 6.92 Å². The number of para-hydroxylation sites is 1. The van der Waals surface area contributed by atoms with Crippen LogP contribution in [-0.2, 0) is 0 Å². The van der Waals surface area contributed by atoms with Gasteiger partial charge in [-0.3, -0.25) is 9.55 Å². The SMILES string of the molecule is CCSc1nnc(-c2ccncc2)n1-c1ccccc1C. The van der Waals surface area contributed by atoms with Gasteiger partial charge in [-0.1, -0.05) is 36.9 Å². The molecule has 2 heterocycles. The van der Waals surface area contributed by atoms with Crippen molar-refractivity contribution in [2.45, 2.75) is 19.0 Å². The summed E-state index contributed by atoms with van der Waals surface area (Å²) in [5, 5.41) is 9.66. The molecule has 4 nitrogen and oxygen atoms in total. The van der Waals surface area contributed by atoms with Crippen molar-refractivity contribution >= 4 is 11.8 Å². The van der Waals surface area contributed by atoms with Gasteiger partial charge in [0.2, 0.25) is 0 Å². The van der Waals surface area contributed by atoms with Crippen molar-refractivity contribution < 1.29 is 0 Å². The van der Waals surface area contributed by atoms with Gasteiger partial charge < -0.3 is 0 Å². The first-order valence-electron chi connectivity index (χ1n) is 6.86. The Morgan fingerprint density at radius 3 is 2.52 bits per heavy atom. The highest BCUT2D eigenvalue weighted by Crippen LogP contribution is 2.28. The van der Waals surface area contributed by atoms with Crippen LogP contribution >= 0.6 is 11.8 Å². The number of thioether (sulfide) groups is 1. The third kappa shape index (κ3) is 2.69. The summed E-state index contributed by atoms with van der Waals surface area (Å²) < 4.78 is 2.12. The van der Waals surface area contributed by atoms with E-state index >= 15 is 0 Å². The number of aromatic nitrogens is 4. The molecule has 0 aliphatic carbocycles. The molecular formula is C16H16N4S. The third-order valence-electron chi connectivity index (χ3n) is 3.20. The summed E-state index contributed by atoms with van der Waals surface area (Å²) in [6, 6.07) is 12.2. The number of aryl methyl sites for hydroxylation is 1. The van der Waals surface area contributed by atoms with Gasteiger partial charge in [-0.25, -0.2) is 0 Å².